The number of para-hydroxylation sites is 1. The predicted molar refractivity (Wildman–Crippen MR) is 112 cm³/mol. The summed E-state index contributed by atoms with van der Waals surface area (Å²) in [5.41, 5.74) is 3.38. The summed E-state index contributed by atoms with van der Waals surface area (Å²) in [6.45, 7) is 5.26. The van der Waals surface area contributed by atoms with Gasteiger partial charge in [0.2, 0.25) is 5.91 Å². The lowest BCUT2D eigenvalue weighted by molar-refractivity contribution is -0.116. The van der Waals surface area contributed by atoms with E-state index in [4.69, 9.17) is 11.6 Å². The predicted octanol–water partition coefficient (Wildman–Crippen LogP) is 3.77. The normalized spacial score (nSPS) is 15.8. The Balaban J connectivity index is 1.55. The van der Waals surface area contributed by atoms with E-state index < -0.39 is 0 Å². The van der Waals surface area contributed by atoms with Crippen LogP contribution in [0.15, 0.2) is 55.1 Å². The first-order valence-electron chi connectivity index (χ1n) is 9.44. The lowest BCUT2D eigenvalue weighted by Gasteiger charge is -2.38. The Bertz CT molecular complexity index is 922. The van der Waals surface area contributed by atoms with Gasteiger partial charge in [-0.15, -0.1) is 0 Å². The number of amides is 2. The molecule has 0 radical (unpaired) electrons. The highest BCUT2D eigenvalue weighted by molar-refractivity contribution is 6.34. The van der Waals surface area contributed by atoms with Gasteiger partial charge in [0.25, 0.3) is 5.91 Å². The number of benzene rings is 2. The number of fused-ring (bicyclic) bond motifs is 1. The van der Waals surface area contributed by atoms with E-state index in [1.165, 1.54) is 18.9 Å². The Morgan fingerprint density at radius 3 is 2.57 bits per heavy atom. The van der Waals surface area contributed by atoms with E-state index in [1.54, 1.807) is 12.1 Å². The molecule has 2 aromatic rings. The van der Waals surface area contributed by atoms with Crippen LogP contribution in [-0.2, 0) is 11.3 Å². The quantitative estimate of drug-likeness (QED) is 0.784. The second-order valence-electron chi connectivity index (χ2n) is 7.11. The summed E-state index contributed by atoms with van der Waals surface area (Å²) in [6.07, 6.45) is 3.60. The van der Waals surface area contributed by atoms with E-state index in [9.17, 15) is 9.59 Å². The van der Waals surface area contributed by atoms with Crippen molar-refractivity contribution >= 4 is 34.8 Å². The van der Waals surface area contributed by atoms with Gasteiger partial charge in [-0.2, -0.15) is 0 Å². The molecule has 1 saturated carbocycles. The van der Waals surface area contributed by atoms with Crippen molar-refractivity contribution in [1.82, 2.24) is 5.32 Å². The summed E-state index contributed by atoms with van der Waals surface area (Å²) in [5, 5.41) is 3.42. The van der Waals surface area contributed by atoms with Crippen molar-refractivity contribution in [3.05, 3.63) is 71.3 Å². The Morgan fingerprint density at radius 2 is 1.89 bits per heavy atom. The van der Waals surface area contributed by atoms with Crippen LogP contribution in [0.5, 0.6) is 0 Å². The average Bonchev–Trinajstić information content (AvgIpc) is 3.56. The van der Waals surface area contributed by atoms with E-state index in [0.717, 1.165) is 23.5 Å². The Labute approximate surface area is 169 Å². The molecular weight excluding hydrogens is 374 g/mol. The standard InChI is InChI=1S/C22H22ClN3O2/c1-2-20(27)24-14-15-6-8-16(9-7-15)22(28)26-13-12-25(17-10-11-17)21-18(23)4-3-5-19(21)26/h2-9,17H,1,10-14H2,(H,24,27). The van der Waals surface area contributed by atoms with Gasteiger partial charge in [-0.3, -0.25) is 9.59 Å². The second-order valence-corrected chi connectivity index (χ2v) is 7.51. The summed E-state index contributed by atoms with van der Waals surface area (Å²) < 4.78 is 0. The molecule has 144 valence electrons. The number of hydrogen-bond donors (Lipinski definition) is 1. The van der Waals surface area contributed by atoms with Gasteiger partial charge in [0, 0.05) is 31.2 Å². The van der Waals surface area contributed by atoms with E-state index >= 15 is 0 Å². The number of nitrogens with zero attached hydrogens (tertiary/aromatic N) is 2. The minimum absolute atomic E-state index is 0.0411. The third-order valence-electron chi connectivity index (χ3n) is 5.19. The molecule has 0 aromatic heterocycles. The molecule has 0 bridgehead atoms. The van der Waals surface area contributed by atoms with Gasteiger partial charge in [-0.05, 0) is 48.7 Å². The Kier molecular flexibility index (Phi) is 5.09. The lowest BCUT2D eigenvalue weighted by atomic mass is 10.1. The number of anilines is 2. The van der Waals surface area contributed by atoms with Crippen LogP contribution in [0.4, 0.5) is 11.4 Å². The van der Waals surface area contributed by atoms with Gasteiger partial charge >= 0.3 is 0 Å². The van der Waals surface area contributed by atoms with Crippen molar-refractivity contribution in [2.24, 2.45) is 0 Å². The molecule has 6 heteroatoms. The maximum Gasteiger partial charge on any atom is 0.258 e. The molecule has 1 aliphatic heterocycles. The van der Waals surface area contributed by atoms with Crippen LogP contribution >= 0.6 is 11.6 Å². The first kappa shape index (κ1) is 18.6. The number of rotatable bonds is 5. The summed E-state index contributed by atoms with van der Waals surface area (Å²) in [5.74, 6) is -0.261. The smallest absolute Gasteiger partial charge is 0.258 e. The van der Waals surface area contributed by atoms with Crippen LogP contribution < -0.4 is 15.1 Å². The topological polar surface area (TPSA) is 52.7 Å². The minimum atomic E-state index is -0.220. The highest BCUT2D eigenvalue weighted by Gasteiger charge is 2.36. The van der Waals surface area contributed by atoms with Crippen LogP contribution in [-0.4, -0.2) is 30.9 Å². The average molecular weight is 396 g/mol. The fourth-order valence-corrected chi connectivity index (χ4v) is 3.87. The molecule has 0 spiro atoms. The zero-order chi connectivity index (χ0) is 19.7. The number of carbonyl (C=O) groups excluding carboxylic acids is 2. The van der Waals surface area contributed by atoms with E-state index in [2.05, 4.69) is 16.8 Å². The zero-order valence-electron chi connectivity index (χ0n) is 15.5. The molecule has 0 atom stereocenters. The summed E-state index contributed by atoms with van der Waals surface area (Å²) in [6, 6.07) is 13.6. The van der Waals surface area contributed by atoms with Gasteiger partial charge in [-0.1, -0.05) is 36.4 Å². The third kappa shape index (κ3) is 3.62. The zero-order valence-corrected chi connectivity index (χ0v) is 16.3. The molecule has 1 aliphatic carbocycles. The number of nitrogens with one attached hydrogen (secondary N) is 1. The molecule has 28 heavy (non-hydrogen) atoms. The van der Waals surface area contributed by atoms with Crippen molar-refractivity contribution in [1.29, 1.82) is 0 Å². The van der Waals surface area contributed by atoms with E-state index in [0.29, 0.717) is 29.7 Å². The third-order valence-corrected chi connectivity index (χ3v) is 5.50. The molecule has 1 heterocycles. The van der Waals surface area contributed by atoms with Crippen LogP contribution in [0.1, 0.15) is 28.8 Å². The van der Waals surface area contributed by atoms with Gasteiger partial charge < -0.3 is 15.1 Å². The number of hydrogen-bond acceptors (Lipinski definition) is 3. The van der Waals surface area contributed by atoms with Crippen molar-refractivity contribution < 1.29 is 9.59 Å². The molecule has 2 amide bonds. The van der Waals surface area contributed by atoms with Crippen LogP contribution in [0, 0.1) is 0 Å². The van der Waals surface area contributed by atoms with E-state index in [1.807, 2.05) is 35.2 Å². The van der Waals surface area contributed by atoms with Crippen LogP contribution in [0.25, 0.3) is 0 Å². The molecule has 1 N–H and O–H groups in total. The van der Waals surface area contributed by atoms with Crippen LogP contribution in [0.3, 0.4) is 0 Å². The van der Waals surface area contributed by atoms with Crippen molar-refractivity contribution in [2.45, 2.75) is 25.4 Å². The summed E-state index contributed by atoms with van der Waals surface area (Å²) >= 11 is 6.50. The Hall–Kier alpha value is -2.79. The van der Waals surface area contributed by atoms with Gasteiger partial charge in [0.1, 0.15) is 0 Å². The highest BCUT2D eigenvalue weighted by atomic mass is 35.5. The van der Waals surface area contributed by atoms with Crippen LogP contribution in [0.2, 0.25) is 5.02 Å². The van der Waals surface area contributed by atoms with Crippen molar-refractivity contribution in [2.75, 3.05) is 22.9 Å². The molecule has 0 unspecified atom stereocenters. The largest absolute Gasteiger partial charge is 0.364 e. The highest BCUT2D eigenvalue weighted by Crippen LogP contribution is 2.44. The second kappa shape index (κ2) is 7.68. The SMILES string of the molecule is C=CC(=O)NCc1ccc(C(=O)N2CCN(C3CC3)c3c(Cl)cccc32)cc1. The summed E-state index contributed by atoms with van der Waals surface area (Å²) in [4.78, 5) is 28.6. The Morgan fingerprint density at radius 1 is 1.14 bits per heavy atom. The molecule has 2 aliphatic rings. The molecule has 2 aromatic carbocycles. The maximum absolute atomic E-state index is 13.2. The first-order valence-corrected chi connectivity index (χ1v) is 9.82. The monoisotopic (exact) mass is 395 g/mol. The van der Waals surface area contributed by atoms with Gasteiger partial charge in [-0.25, -0.2) is 0 Å². The number of carbonyl (C=O) groups is 2. The van der Waals surface area contributed by atoms with Crippen molar-refractivity contribution in [3.63, 3.8) is 0 Å². The maximum atomic E-state index is 13.2. The van der Waals surface area contributed by atoms with Gasteiger partial charge in [0.05, 0.1) is 16.4 Å². The fourth-order valence-electron chi connectivity index (χ4n) is 3.59. The van der Waals surface area contributed by atoms with E-state index in [-0.39, 0.29) is 11.8 Å². The molecule has 1 fully saturated rings. The molecule has 4 rings (SSSR count). The van der Waals surface area contributed by atoms with Crippen molar-refractivity contribution in [3.8, 4) is 0 Å². The van der Waals surface area contributed by atoms with Gasteiger partial charge in [0.15, 0.2) is 0 Å². The lowest BCUT2D eigenvalue weighted by Crippen LogP contribution is -2.45. The molecular formula is C22H22ClN3O2. The fraction of sp³-hybridized carbons (Fsp3) is 0.273. The molecule has 5 nitrogen and oxygen atoms in total. The first-order chi connectivity index (χ1) is 13.6. The molecule has 0 saturated heterocycles. The summed E-state index contributed by atoms with van der Waals surface area (Å²) in [7, 11) is 0. The number of halogens is 1. The minimum Gasteiger partial charge on any atom is -0.364 e.